The molecule has 2 aromatic carbocycles. The molecule has 110 valence electrons. The fourth-order valence-corrected chi connectivity index (χ4v) is 3.11. The Morgan fingerprint density at radius 3 is 2.91 bits per heavy atom. The predicted molar refractivity (Wildman–Crippen MR) is 86.9 cm³/mol. The molecule has 4 nitrogen and oxygen atoms in total. The van der Waals surface area contributed by atoms with Crippen molar-refractivity contribution in [1.29, 1.82) is 0 Å². The van der Waals surface area contributed by atoms with E-state index < -0.39 is 0 Å². The van der Waals surface area contributed by atoms with Crippen LogP contribution in [0.25, 0.3) is 11.0 Å². The van der Waals surface area contributed by atoms with Crippen LogP contribution in [-0.2, 0) is 24.1 Å². The molecule has 1 aliphatic carbocycles. The van der Waals surface area contributed by atoms with Crippen LogP contribution in [0.5, 0.6) is 0 Å². The lowest BCUT2D eigenvalue weighted by Crippen LogP contribution is -2.15. The molecule has 0 bridgehead atoms. The Morgan fingerprint density at radius 2 is 2.00 bits per heavy atom. The Hall–Kier alpha value is -2.62. The Bertz CT molecular complexity index is 817. The lowest BCUT2D eigenvalue weighted by molar-refractivity contribution is -0.115. The summed E-state index contributed by atoms with van der Waals surface area (Å²) in [5, 5.41) is 2.84. The average Bonchev–Trinajstić information content (AvgIpc) is 3.11. The van der Waals surface area contributed by atoms with Gasteiger partial charge in [-0.3, -0.25) is 10.1 Å². The van der Waals surface area contributed by atoms with Gasteiger partial charge in [0.1, 0.15) is 0 Å². The van der Waals surface area contributed by atoms with E-state index >= 15 is 0 Å². The predicted octanol–water partition coefficient (Wildman–Crippen LogP) is 3.23. The molecular formula is C18H17N3O. The van der Waals surface area contributed by atoms with Gasteiger partial charge in [0.05, 0.1) is 17.5 Å². The monoisotopic (exact) mass is 291 g/mol. The first-order valence-electron chi connectivity index (χ1n) is 7.63. The summed E-state index contributed by atoms with van der Waals surface area (Å²) >= 11 is 0. The molecule has 0 aliphatic heterocycles. The maximum Gasteiger partial charge on any atom is 0.231 e. The van der Waals surface area contributed by atoms with Gasteiger partial charge < -0.3 is 4.98 Å². The van der Waals surface area contributed by atoms with Gasteiger partial charge in [-0.1, -0.05) is 30.3 Å². The number of H-pyrrole nitrogens is 1. The summed E-state index contributed by atoms with van der Waals surface area (Å²) in [5.74, 6) is 0.462. The lowest BCUT2D eigenvalue weighted by atomic mass is 10.0. The zero-order chi connectivity index (χ0) is 14.9. The number of fused-ring (bicyclic) bond motifs is 2. The molecule has 1 amide bonds. The number of imidazole rings is 1. The minimum absolute atomic E-state index is 0.0444. The molecular weight excluding hydrogens is 274 g/mol. The standard InChI is InChI=1S/C18H17N3O/c22-17(11-12-8-9-13-4-3-5-14(13)10-12)21-18-19-15-6-1-2-7-16(15)20-18/h1-2,6-10H,3-5,11H2,(H2,19,20,21,22). The third kappa shape index (κ3) is 2.48. The summed E-state index contributed by atoms with van der Waals surface area (Å²) in [4.78, 5) is 19.7. The van der Waals surface area contributed by atoms with E-state index in [0.717, 1.165) is 23.0 Å². The van der Waals surface area contributed by atoms with Crippen LogP contribution < -0.4 is 5.32 Å². The van der Waals surface area contributed by atoms with Crippen molar-refractivity contribution in [2.45, 2.75) is 25.7 Å². The van der Waals surface area contributed by atoms with E-state index in [9.17, 15) is 4.79 Å². The number of nitrogens with zero attached hydrogens (tertiary/aromatic N) is 1. The number of hydrogen-bond acceptors (Lipinski definition) is 2. The first kappa shape index (κ1) is 13.1. The van der Waals surface area contributed by atoms with Crippen LogP contribution in [0.2, 0.25) is 0 Å². The second kappa shape index (κ2) is 5.30. The molecule has 0 atom stereocenters. The number of aryl methyl sites for hydroxylation is 2. The second-order valence-corrected chi connectivity index (χ2v) is 5.78. The van der Waals surface area contributed by atoms with Crippen LogP contribution in [0.3, 0.4) is 0 Å². The van der Waals surface area contributed by atoms with Crippen molar-refractivity contribution < 1.29 is 4.79 Å². The van der Waals surface area contributed by atoms with Gasteiger partial charge in [-0.05, 0) is 48.1 Å². The molecule has 1 heterocycles. The first-order chi connectivity index (χ1) is 10.8. The highest BCUT2D eigenvalue weighted by Crippen LogP contribution is 2.23. The van der Waals surface area contributed by atoms with E-state index in [1.807, 2.05) is 24.3 Å². The Labute approximate surface area is 128 Å². The molecule has 0 fully saturated rings. The number of aromatic nitrogens is 2. The minimum Gasteiger partial charge on any atom is -0.324 e. The third-order valence-electron chi connectivity index (χ3n) is 4.17. The van der Waals surface area contributed by atoms with Crippen molar-refractivity contribution in [3.05, 3.63) is 59.2 Å². The van der Waals surface area contributed by atoms with E-state index in [1.54, 1.807) is 0 Å². The van der Waals surface area contributed by atoms with Crippen molar-refractivity contribution in [2.75, 3.05) is 5.32 Å². The number of aromatic amines is 1. The number of benzene rings is 2. The van der Waals surface area contributed by atoms with E-state index in [1.165, 1.54) is 24.0 Å². The molecule has 0 unspecified atom stereocenters. The quantitative estimate of drug-likeness (QED) is 0.778. The molecule has 0 spiro atoms. The van der Waals surface area contributed by atoms with Gasteiger partial charge in [0.25, 0.3) is 0 Å². The summed E-state index contributed by atoms with van der Waals surface area (Å²) in [6, 6.07) is 14.1. The fourth-order valence-electron chi connectivity index (χ4n) is 3.11. The highest BCUT2D eigenvalue weighted by atomic mass is 16.1. The second-order valence-electron chi connectivity index (χ2n) is 5.78. The summed E-state index contributed by atoms with van der Waals surface area (Å²) < 4.78 is 0. The molecule has 4 rings (SSSR count). The van der Waals surface area contributed by atoms with Gasteiger partial charge in [-0.2, -0.15) is 0 Å². The summed E-state index contributed by atoms with van der Waals surface area (Å²) in [6.07, 6.45) is 3.91. The number of carbonyl (C=O) groups excluding carboxylic acids is 1. The number of hydrogen-bond donors (Lipinski definition) is 2. The zero-order valence-corrected chi connectivity index (χ0v) is 12.2. The van der Waals surface area contributed by atoms with Crippen molar-refractivity contribution in [3.8, 4) is 0 Å². The van der Waals surface area contributed by atoms with Crippen LogP contribution in [0.15, 0.2) is 42.5 Å². The number of para-hydroxylation sites is 2. The van der Waals surface area contributed by atoms with Gasteiger partial charge in [0, 0.05) is 0 Å². The number of anilines is 1. The van der Waals surface area contributed by atoms with Crippen molar-refractivity contribution in [1.82, 2.24) is 9.97 Å². The largest absolute Gasteiger partial charge is 0.324 e. The SMILES string of the molecule is O=C(Cc1ccc2c(c1)CCC2)Nc1nc2ccccc2[nH]1. The van der Waals surface area contributed by atoms with E-state index in [4.69, 9.17) is 0 Å². The highest BCUT2D eigenvalue weighted by Gasteiger charge is 2.13. The normalized spacial score (nSPS) is 13.3. The van der Waals surface area contributed by atoms with Crippen LogP contribution in [0.1, 0.15) is 23.1 Å². The maximum atomic E-state index is 12.2. The average molecular weight is 291 g/mol. The minimum atomic E-state index is -0.0444. The van der Waals surface area contributed by atoms with Crippen LogP contribution in [0.4, 0.5) is 5.95 Å². The van der Waals surface area contributed by atoms with E-state index in [0.29, 0.717) is 12.4 Å². The lowest BCUT2D eigenvalue weighted by Gasteiger charge is -2.05. The van der Waals surface area contributed by atoms with Gasteiger partial charge in [0.15, 0.2) is 0 Å². The summed E-state index contributed by atoms with van der Waals surface area (Å²) in [5.41, 5.74) is 5.68. The maximum absolute atomic E-state index is 12.2. The number of rotatable bonds is 3. The molecule has 0 saturated carbocycles. The number of nitrogens with one attached hydrogen (secondary N) is 2. The molecule has 3 aromatic rings. The smallest absolute Gasteiger partial charge is 0.231 e. The summed E-state index contributed by atoms with van der Waals surface area (Å²) in [7, 11) is 0. The zero-order valence-electron chi connectivity index (χ0n) is 12.2. The Morgan fingerprint density at radius 1 is 1.14 bits per heavy atom. The van der Waals surface area contributed by atoms with E-state index in [2.05, 4.69) is 33.5 Å². The molecule has 1 aromatic heterocycles. The third-order valence-corrected chi connectivity index (χ3v) is 4.17. The van der Waals surface area contributed by atoms with Crippen LogP contribution in [-0.4, -0.2) is 15.9 Å². The van der Waals surface area contributed by atoms with Crippen molar-refractivity contribution in [2.24, 2.45) is 0 Å². The number of amides is 1. The van der Waals surface area contributed by atoms with Gasteiger partial charge >= 0.3 is 0 Å². The topological polar surface area (TPSA) is 57.8 Å². The summed E-state index contributed by atoms with van der Waals surface area (Å²) in [6.45, 7) is 0. The molecule has 1 aliphatic rings. The highest BCUT2D eigenvalue weighted by molar-refractivity contribution is 5.92. The first-order valence-corrected chi connectivity index (χ1v) is 7.63. The van der Waals surface area contributed by atoms with Crippen LogP contribution >= 0.6 is 0 Å². The van der Waals surface area contributed by atoms with Gasteiger partial charge in [-0.25, -0.2) is 4.98 Å². The van der Waals surface area contributed by atoms with Crippen molar-refractivity contribution >= 4 is 22.9 Å². The fraction of sp³-hybridized carbons (Fsp3) is 0.222. The molecule has 22 heavy (non-hydrogen) atoms. The van der Waals surface area contributed by atoms with Crippen LogP contribution in [0, 0.1) is 0 Å². The Balaban J connectivity index is 1.48. The molecule has 2 N–H and O–H groups in total. The number of carbonyl (C=O) groups is 1. The molecule has 4 heteroatoms. The Kier molecular flexibility index (Phi) is 3.15. The molecule has 0 saturated heterocycles. The van der Waals surface area contributed by atoms with E-state index in [-0.39, 0.29) is 5.91 Å². The van der Waals surface area contributed by atoms with Gasteiger partial charge in [0.2, 0.25) is 11.9 Å². The molecule has 0 radical (unpaired) electrons. The van der Waals surface area contributed by atoms with Gasteiger partial charge in [-0.15, -0.1) is 0 Å². The van der Waals surface area contributed by atoms with Crippen molar-refractivity contribution in [3.63, 3.8) is 0 Å².